The van der Waals surface area contributed by atoms with E-state index in [0.29, 0.717) is 5.75 Å². The van der Waals surface area contributed by atoms with Gasteiger partial charge in [0, 0.05) is 4.47 Å². The molecular formula is C15H12BrNO3. The lowest BCUT2D eigenvalue weighted by Gasteiger charge is -2.07. The Bertz CT molecular complexity index is 657. The second-order valence-corrected chi connectivity index (χ2v) is 5.25. The molecule has 5 heteroatoms. The molecule has 102 valence electrons. The first-order valence-electron chi connectivity index (χ1n) is 6.15. The summed E-state index contributed by atoms with van der Waals surface area (Å²) in [5.74, 6) is 1.34. The number of rotatable bonds is 3. The summed E-state index contributed by atoms with van der Waals surface area (Å²) in [5, 5.41) is 2.87. The molecule has 0 aromatic heterocycles. The Morgan fingerprint density at radius 3 is 2.80 bits per heavy atom. The minimum absolute atomic E-state index is 0.0734. The van der Waals surface area contributed by atoms with E-state index in [0.717, 1.165) is 21.5 Å². The highest BCUT2D eigenvalue weighted by Crippen LogP contribution is 2.32. The Labute approximate surface area is 124 Å². The SMILES string of the molecule is O=C(Cc1ccc2c(c1)OCO2)Nc1ccccc1Br. The second kappa shape index (κ2) is 5.54. The van der Waals surface area contributed by atoms with Crippen molar-refractivity contribution >= 4 is 27.5 Å². The number of halogens is 1. The molecule has 0 bridgehead atoms. The molecule has 1 aliphatic rings. The van der Waals surface area contributed by atoms with Crippen molar-refractivity contribution in [2.24, 2.45) is 0 Å². The summed E-state index contributed by atoms with van der Waals surface area (Å²) in [5.41, 5.74) is 1.65. The van der Waals surface area contributed by atoms with E-state index in [1.165, 1.54) is 0 Å². The van der Waals surface area contributed by atoms with E-state index in [4.69, 9.17) is 9.47 Å². The highest BCUT2D eigenvalue weighted by molar-refractivity contribution is 9.10. The largest absolute Gasteiger partial charge is 0.454 e. The van der Waals surface area contributed by atoms with Gasteiger partial charge >= 0.3 is 0 Å². The minimum Gasteiger partial charge on any atom is -0.454 e. The van der Waals surface area contributed by atoms with E-state index in [2.05, 4.69) is 21.2 Å². The minimum atomic E-state index is -0.0734. The molecule has 0 aliphatic carbocycles. The maximum atomic E-state index is 12.0. The molecule has 4 nitrogen and oxygen atoms in total. The van der Waals surface area contributed by atoms with Crippen LogP contribution in [0.4, 0.5) is 5.69 Å². The molecule has 0 fully saturated rings. The van der Waals surface area contributed by atoms with Gasteiger partial charge in [0.05, 0.1) is 12.1 Å². The van der Waals surface area contributed by atoms with Crippen LogP contribution >= 0.6 is 15.9 Å². The van der Waals surface area contributed by atoms with Crippen molar-refractivity contribution in [3.8, 4) is 11.5 Å². The van der Waals surface area contributed by atoms with Crippen LogP contribution in [-0.4, -0.2) is 12.7 Å². The van der Waals surface area contributed by atoms with Crippen molar-refractivity contribution < 1.29 is 14.3 Å². The Hall–Kier alpha value is -2.01. The summed E-state index contributed by atoms with van der Waals surface area (Å²) in [6.45, 7) is 0.238. The van der Waals surface area contributed by atoms with Crippen LogP contribution in [-0.2, 0) is 11.2 Å². The summed E-state index contributed by atoms with van der Waals surface area (Å²) in [4.78, 5) is 12.0. The third-order valence-corrected chi connectivity index (χ3v) is 3.64. The van der Waals surface area contributed by atoms with Gasteiger partial charge in [0.25, 0.3) is 0 Å². The van der Waals surface area contributed by atoms with Crippen molar-refractivity contribution in [3.63, 3.8) is 0 Å². The zero-order valence-corrected chi connectivity index (χ0v) is 12.1. The number of fused-ring (bicyclic) bond motifs is 1. The molecule has 0 saturated carbocycles. The van der Waals surface area contributed by atoms with Crippen molar-refractivity contribution in [3.05, 3.63) is 52.5 Å². The van der Waals surface area contributed by atoms with E-state index in [-0.39, 0.29) is 19.1 Å². The molecule has 2 aromatic carbocycles. The number of hydrogen-bond acceptors (Lipinski definition) is 3. The Kier molecular flexibility index (Phi) is 3.60. The van der Waals surface area contributed by atoms with Gasteiger partial charge in [0.1, 0.15) is 0 Å². The van der Waals surface area contributed by atoms with Gasteiger partial charge in [-0.05, 0) is 45.8 Å². The zero-order valence-electron chi connectivity index (χ0n) is 10.6. The second-order valence-electron chi connectivity index (χ2n) is 4.39. The maximum absolute atomic E-state index is 12.0. The smallest absolute Gasteiger partial charge is 0.231 e. The first-order chi connectivity index (χ1) is 9.72. The standard InChI is InChI=1S/C15H12BrNO3/c16-11-3-1-2-4-12(11)17-15(18)8-10-5-6-13-14(7-10)20-9-19-13/h1-7H,8-9H2,(H,17,18). The number of hydrogen-bond donors (Lipinski definition) is 1. The third kappa shape index (κ3) is 2.77. The van der Waals surface area contributed by atoms with Crippen molar-refractivity contribution in [2.75, 3.05) is 12.1 Å². The molecule has 0 radical (unpaired) electrons. The lowest BCUT2D eigenvalue weighted by Crippen LogP contribution is -2.14. The summed E-state index contributed by atoms with van der Waals surface area (Å²) in [7, 11) is 0. The van der Waals surface area contributed by atoms with E-state index in [1.807, 2.05) is 42.5 Å². The highest BCUT2D eigenvalue weighted by atomic mass is 79.9. The van der Waals surface area contributed by atoms with Gasteiger partial charge in [-0.1, -0.05) is 18.2 Å². The molecule has 0 atom stereocenters. The van der Waals surface area contributed by atoms with Crippen molar-refractivity contribution in [1.82, 2.24) is 0 Å². The number of carbonyl (C=O) groups is 1. The van der Waals surface area contributed by atoms with E-state index >= 15 is 0 Å². The molecule has 0 unspecified atom stereocenters. The van der Waals surface area contributed by atoms with Crippen molar-refractivity contribution in [1.29, 1.82) is 0 Å². The van der Waals surface area contributed by atoms with E-state index < -0.39 is 0 Å². The molecule has 20 heavy (non-hydrogen) atoms. The lowest BCUT2D eigenvalue weighted by atomic mass is 10.1. The van der Waals surface area contributed by atoms with Gasteiger partial charge in [-0.15, -0.1) is 0 Å². The number of amides is 1. The average molecular weight is 334 g/mol. The van der Waals surface area contributed by atoms with Crippen LogP contribution in [0.2, 0.25) is 0 Å². The Balaban J connectivity index is 1.69. The number of ether oxygens (including phenoxy) is 2. The van der Waals surface area contributed by atoms with Gasteiger partial charge < -0.3 is 14.8 Å². The van der Waals surface area contributed by atoms with Gasteiger partial charge in [-0.3, -0.25) is 4.79 Å². The van der Waals surface area contributed by atoms with Gasteiger partial charge in [-0.2, -0.15) is 0 Å². The fourth-order valence-electron chi connectivity index (χ4n) is 1.99. The van der Waals surface area contributed by atoms with Crippen LogP contribution in [0.25, 0.3) is 0 Å². The number of benzene rings is 2. The van der Waals surface area contributed by atoms with Crippen LogP contribution in [0.3, 0.4) is 0 Å². The highest BCUT2D eigenvalue weighted by Gasteiger charge is 2.14. The molecule has 1 amide bonds. The third-order valence-electron chi connectivity index (χ3n) is 2.95. The molecule has 2 aromatic rings. The Morgan fingerprint density at radius 2 is 1.95 bits per heavy atom. The monoisotopic (exact) mass is 333 g/mol. The normalized spacial score (nSPS) is 12.2. The van der Waals surface area contributed by atoms with Crippen LogP contribution in [0.15, 0.2) is 46.9 Å². The molecule has 0 saturated heterocycles. The number of nitrogens with one attached hydrogen (secondary N) is 1. The predicted octanol–water partition coefficient (Wildman–Crippen LogP) is 3.36. The summed E-state index contributed by atoms with van der Waals surface area (Å²) in [6.07, 6.45) is 0.290. The molecule has 1 heterocycles. The number of para-hydroxylation sites is 1. The lowest BCUT2D eigenvalue weighted by molar-refractivity contribution is -0.115. The molecule has 0 spiro atoms. The van der Waals surface area contributed by atoms with Crippen LogP contribution in [0.1, 0.15) is 5.56 Å². The fraction of sp³-hybridized carbons (Fsp3) is 0.133. The van der Waals surface area contributed by atoms with Crippen molar-refractivity contribution in [2.45, 2.75) is 6.42 Å². The molecule has 1 N–H and O–H groups in total. The maximum Gasteiger partial charge on any atom is 0.231 e. The molecular weight excluding hydrogens is 322 g/mol. The summed E-state index contributed by atoms with van der Waals surface area (Å²) < 4.78 is 11.4. The number of carbonyl (C=O) groups excluding carboxylic acids is 1. The topological polar surface area (TPSA) is 47.6 Å². The number of anilines is 1. The predicted molar refractivity (Wildman–Crippen MR) is 79.0 cm³/mol. The van der Waals surface area contributed by atoms with Gasteiger partial charge in [0.15, 0.2) is 11.5 Å². The van der Waals surface area contributed by atoms with Gasteiger partial charge in [-0.25, -0.2) is 0 Å². The average Bonchev–Trinajstić information content (AvgIpc) is 2.89. The molecule has 1 aliphatic heterocycles. The quantitative estimate of drug-likeness (QED) is 0.936. The summed E-state index contributed by atoms with van der Waals surface area (Å²) >= 11 is 3.40. The summed E-state index contributed by atoms with van der Waals surface area (Å²) in [6, 6.07) is 13.0. The van der Waals surface area contributed by atoms with E-state index in [9.17, 15) is 4.79 Å². The first kappa shape index (κ1) is 13.0. The van der Waals surface area contributed by atoms with Crippen LogP contribution in [0.5, 0.6) is 11.5 Å². The van der Waals surface area contributed by atoms with Crippen LogP contribution in [0, 0.1) is 0 Å². The first-order valence-corrected chi connectivity index (χ1v) is 6.94. The molecule has 3 rings (SSSR count). The Morgan fingerprint density at radius 1 is 1.15 bits per heavy atom. The zero-order chi connectivity index (χ0) is 13.9. The fourth-order valence-corrected chi connectivity index (χ4v) is 2.38. The van der Waals surface area contributed by atoms with E-state index in [1.54, 1.807) is 0 Å². The van der Waals surface area contributed by atoms with Gasteiger partial charge in [0.2, 0.25) is 12.7 Å². The van der Waals surface area contributed by atoms with Crippen LogP contribution < -0.4 is 14.8 Å².